The van der Waals surface area contributed by atoms with E-state index < -0.39 is 5.92 Å². The van der Waals surface area contributed by atoms with E-state index in [0.717, 1.165) is 5.56 Å². The number of nitrogens with one attached hydrogen (secondary N) is 2. The van der Waals surface area contributed by atoms with Crippen molar-refractivity contribution in [3.05, 3.63) is 59.9 Å². The van der Waals surface area contributed by atoms with E-state index in [1.807, 2.05) is 30.3 Å². The molecule has 158 valence electrons. The number of carbonyl (C=O) groups excluding carboxylic acids is 3. The molecule has 2 aliphatic heterocycles. The topological polar surface area (TPSA) is 101 Å². The van der Waals surface area contributed by atoms with Crippen LogP contribution < -0.4 is 10.6 Å². The van der Waals surface area contributed by atoms with Gasteiger partial charge in [0.2, 0.25) is 17.6 Å². The first-order chi connectivity index (χ1) is 15.1. The highest BCUT2D eigenvalue weighted by molar-refractivity contribution is 6.13. The van der Waals surface area contributed by atoms with Gasteiger partial charge in [-0.3, -0.25) is 14.4 Å². The summed E-state index contributed by atoms with van der Waals surface area (Å²) in [5, 5.41) is 6.33. The van der Waals surface area contributed by atoms with Gasteiger partial charge >= 0.3 is 0 Å². The Hall–Kier alpha value is -3.65. The number of morpholine rings is 1. The van der Waals surface area contributed by atoms with Gasteiger partial charge in [0.05, 0.1) is 19.1 Å². The molecule has 5 rings (SSSR count). The van der Waals surface area contributed by atoms with Gasteiger partial charge in [-0.15, -0.1) is 0 Å². The molecule has 0 radical (unpaired) electrons. The summed E-state index contributed by atoms with van der Waals surface area (Å²) in [6.45, 7) is 1.84. The average Bonchev–Trinajstić information content (AvgIpc) is 3.17. The second-order valence-electron chi connectivity index (χ2n) is 7.59. The summed E-state index contributed by atoms with van der Waals surface area (Å²) in [6.07, 6.45) is 0.0331. The van der Waals surface area contributed by atoms with Crippen molar-refractivity contribution >= 4 is 40.1 Å². The molecule has 2 aliphatic rings. The first kappa shape index (κ1) is 19.3. The lowest BCUT2D eigenvalue weighted by Crippen LogP contribution is -2.41. The fraction of sp³-hybridized carbons (Fsp3) is 0.261. The number of furan rings is 1. The van der Waals surface area contributed by atoms with Gasteiger partial charge in [-0.1, -0.05) is 30.3 Å². The van der Waals surface area contributed by atoms with Gasteiger partial charge in [-0.25, -0.2) is 0 Å². The fourth-order valence-electron chi connectivity index (χ4n) is 4.09. The fourth-order valence-corrected chi connectivity index (χ4v) is 4.09. The lowest BCUT2D eigenvalue weighted by Gasteiger charge is -2.27. The maximum absolute atomic E-state index is 13.3. The van der Waals surface area contributed by atoms with Crippen molar-refractivity contribution < 1.29 is 23.5 Å². The quantitative estimate of drug-likeness (QED) is 0.680. The third-order valence-corrected chi connectivity index (χ3v) is 5.65. The predicted octanol–water partition coefficient (Wildman–Crippen LogP) is 2.97. The van der Waals surface area contributed by atoms with Crippen molar-refractivity contribution in [2.24, 2.45) is 0 Å². The van der Waals surface area contributed by atoms with Gasteiger partial charge in [0.15, 0.2) is 0 Å². The van der Waals surface area contributed by atoms with Crippen LogP contribution in [0.1, 0.15) is 28.5 Å². The van der Waals surface area contributed by atoms with E-state index in [-0.39, 0.29) is 29.9 Å². The van der Waals surface area contributed by atoms with Gasteiger partial charge in [-0.2, -0.15) is 0 Å². The second kappa shape index (κ2) is 7.88. The molecule has 8 nitrogen and oxygen atoms in total. The van der Waals surface area contributed by atoms with Crippen LogP contribution in [0.2, 0.25) is 0 Å². The average molecular weight is 419 g/mol. The van der Waals surface area contributed by atoms with Crippen LogP contribution in [-0.2, 0) is 14.3 Å². The summed E-state index contributed by atoms with van der Waals surface area (Å²) in [7, 11) is 0. The maximum Gasteiger partial charge on any atom is 0.291 e. The molecule has 3 heterocycles. The van der Waals surface area contributed by atoms with E-state index in [1.54, 1.807) is 23.1 Å². The second-order valence-corrected chi connectivity index (χ2v) is 7.59. The molecule has 1 saturated heterocycles. The summed E-state index contributed by atoms with van der Waals surface area (Å²) in [5.41, 5.74) is 2.21. The Morgan fingerprint density at radius 3 is 2.61 bits per heavy atom. The standard InChI is InChI=1S/C23H21N3O5/c27-19-13-16(14-5-1-3-7-17(14)24-19)22(28)25-20-15-6-2-4-8-18(15)31-21(20)23(29)26-9-11-30-12-10-26/h1-8,16H,9-13H2,(H,24,27)(H,25,28). The van der Waals surface area contributed by atoms with Crippen molar-refractivity contribution in [1.82, 2.24) is 4.90 Å². The summed E-state index contributed by atoms with van der Waals surface area (Å²) >= 11 is 0. The Morgan fingerprint density at radius 1 is 1.03 bits per heavy atom. The third-order valence-electron chi connectivity index (χ3n) is 5.65. The van der Waals surface area contributed by atoms with Gasteiger partial charge in [0.1, 0.15) is 11.3 Å². The van der Waals surface area contributed by atoms with Crippen molar-refractivity contribution in [1.29, 1.82) is 0 Å². The molecule has 3 amide bonds. The first-order valence-electron chi connectivity index (χ1n) is 10.2. The molecule has 1 fully saturated rings. The molecule has 1 aromatic heterocycles. The zero-order chi connectivity index (χ0) is 21.4. The van der Waals surface area contributed by atoms with E-state index in [9.17, 15) is 14.4 Å². The first-order valence-corrected chi connectivity index (χ1v) is 10.2. The van der Waals surface area contributed by atoms with Gasteiger partial charge in [-0.05, 0) is 23.8 Å². The van der Waals surface area contributed by atoms with Crippen molar-refractivity contribution in [2.45, 2.75) is 12.3 Å². The van der Waals surface area contributed by atoms with Crippen LogP contribution in [0, 0.1) is 0 Å². The van der Waals surface area contributed by atoms with Gasteiger partial charge in [0, 0.05) is 30.6 Å². The zero-order valence-electron chi connectivity index (χ0n) is 16.7. The summed E-state index contributed by atoms with van der Waals surface area (Å²) in [6, 6.07) is 14.4. The number of fused-ring (bicyclic) bond motifs is 2. The molecular weight excluding hydrogens is 398 g/mol. The van der Waals surface area contributed by atoms with Crippen molar-refractivity contribution in [2.75, 3.05) is 36.9 Å². The minimum absolute atomic E-state index is 0.0331. The molecule has 0 aliphatic carbocycles. The molecule has 3 aromatic rings. The maximum atomic E-state index is 13.3. The highest BCUT2D eigenvalue weighted by atomic mass is 16.5. The molecule has 2 N–H and O–H groups in total. The normalized spacial score (nSPS) is 18.4. The third kappa shape index (κ3) is 3.55. The number of nitrogens with zero attached hydrogens (tertiary/aromatic N) is 1. The molecule has 8 heteroatoms. The minimum Gasteiger partial charge on any atom is -0.449 e. The number of anilines is 2. The summed E-state index contributed by atoms with van der Waals surface area (Å²) in [5.74, 6) is -1.45. The van der Waals surface area contributed by atoms with Crippen LogP contribution in [0.15, 0.2) is 52.9 Å². The van der Waals surface area contributed by atoms with Crippen LogP contribution in [0.5, 0.6) is 0 Å². The Labute approximate surface area is 178 Å². The van der Waals surface area contributed by atoms with Crippen LogP contribution in [0.3, 0.4) is 0 Å². The molecule has 0 bridgehead atoms. The Morgan fingerprint density at radius 2 is 1.77 bits per heavy atom. The molecular formula is C23H21N3O5. The molecule has 1 unspecified atom stereocenters. The highest BCUT2D eigenvalue weighted by Gasteiger charge is 2.33. The SMILES string of the molecule is O=C1CC(C(=O)Nc2c(C(=O)N3CCOCC3)oc3ccccc23)c2ccccc2N1. The Balaban J connectivity index is 1.51. The lowest BCUT2D eigenvalue weighted by atomic mass is 9.89. The van der Waals surface area contributed by atoms with E-state index in [1.165, 1.54) is 0 Å². The summed E-state index contributed by atoms with van der Waals surface area (Å²) in [4.78, 5) is 40.3. The van der Waals surface area contributed by atoms with E-state index >= 15 is 0 Å². The molecule has 2 aromatic carbocycles. The van der Waals surface area contributed by atoms with Gasteiger partial charge < -0.3 is 24.7 Å². The van der Waals surface area contributed by atoms with Gasteiger partial charge in [0.25, 0.3) is 5.91 Å². The Kier molecular flexibility index (Phi) is 4.91. The van der Waals surface area contributed by atoms with Crippen molar-refractivity contribution in [3.8, 4) is 0 Å². The Bertz CT molecular complexity index is 1180. The monoisotopic (exact) mass is 419 g/mol. The molecule has 1 atom stereocenters. The zero-order valence-corrected chi connectivity index (χ0v) is 16.7. The van der Waals surface area contributed by atoms with Crippen LogP contribution in [0.4, 0.5) is 11.4 Å². The molecule has 0 spiro atoms. The largest absolute Gasteiger partial charge is 0.449 e. The number of para-hydroxylation sites is 2. The lowest BCUT2D eigenvalue weighted by molar-refractivity contribution is -0.123. The summed E-state index contributed by atoms with van der Waals surface area (Å²) < 4.78 is 11.2. The smallest absolute Gasteiger partial charge is 0.291 e. The number of carbonyl (C=O) groups is 3. The van der Waals surface area contributed by atoms with Crippen molar-refractivity contribution in [3.63, 3.8) is 0 Å². The van der Waals surface area contributed by atoms with Crippen LogP contribution in [0.25, 0.3) is 11.0 Å². The predicted molar refractivity (Wildman–Crippen MR) is 114 cm³/mol. The van der Waals surface area contributed by atoms with Crippen LogP contribution >= 0.6 is 0 Å². The van der Waals surface area contributed by atoms with Crippen LogP contribution in [-0.4, -0.2) is 48.9 Å². The number of hydrogen-bond donors (Lipinski definition) is 2. The number of benzene rings is 2. The van der Waals surface area contributed by atoms with E-state index in [4.69, 9.17) is 9.15 Å². The molecule has 0 saturated carbocycles. The van der Waals surface area contributed by atoms with E-state index in [2.05, 4.69) is 10.6 Å². The van der Waals surface area contributed by atoms with E-state index in [0.29, 0.717) is 48.6 Å². The number of ether oxygens (including phenoxy) is 1. The molecule has 31 heavy (non-hydrogen) atoms. The minimum atomic E-state index is -0.662. The number of rotatable bonds is 3. The highest BCUT2D eigenvalue weighted by Crippen LogP contribution is 2.36. The number of amides is 3. The number of hydrogen-bond acceptors (Lipinski definition) is 5.